The average Bonchev–Trinajstić information content (AvgIpc) is 3.03. The SMILES string of the molecule is Cc1cc(NCCc2ccccc2F)[nH]cc2c3ccncc3[nH]c3ncccc3c1-2. The van der Waals surface area contributed by atoms with Gasteiger partial charge in [0.15, 0.2) is 0 Å². The Kier molecular flexibility index (Phi) is 4.96. The van der Waals surface area contributed by atoms with Crippen LogP contribution in [-0.2, 0) is 6.42 Å². The minimum atomic E-state index is -0.170. The number of benzene rings is 1. The standard InChI is InChI=1S/C25H22FN5/c1-16-13-23(28-12-8-17-5-2-3-7-21(17)26)30-14-20-18-9-11-27-15-22(18)31-25-19(24(16)20)6-4-10-29-25/h2-7,9-11,13-15,28,30H,8,12H2,1H3,(H,29,31). The molecular formula is C25H22FN5. The van der Waals surface area contributed by atoms with E-state index in [2.05, 4.69) is 44.3 Å². The van der Waals surface area contributed by atoms with Gasteiger partial charge < -0.3 is 15.3 Å². The van der Waals surface area contributed by atoms with E-state index in [0.29, 0.717) is 18.5 Å². The van der Waals surface area contributed by atoms with Crippen molar-refractivity contribution in [2.45, 2.75) is 13.3 Å². The van der Waals surface area contributed by atoms with Gasteiger partial charge >= 0.3 is 0 Å². The molecule has 4 heterocycles. The summed E-state index contributed by atoms with van der Waals surface area (Å²) in [6.07, 6.45) is 8.01. The number of hydrogen-bond donors (Lipinski definition) is 3. The zero-order valence-corrected chi connectivity index (χ0v) is 17.1. The summed E-state index contributed by atoms with van der Waals surface area (Å²) in [7, 11) is 0. The van der Waals surface area contributed by atoms with E-state index in [9.17, 15) is 4.39 Å². The van der Waals surface area contributed by atoms with Gasteiger partial charge in [-0.1, -0.05) is 18.2 Å². The van der Waals surface area contributed by atoms with Crippen molar-refractivity contribution in [2.24, 2.45) is 0 Å². The highest BCUT2D eigenvalue weighted by molar-refractivity contribution is 6.05. The van der Waals surface area contributed by atoms with Crippen LogP contribution in [0.4, 0.5) is 10.2 Å². The first-order chi connectivity index (χ1) is 15.2. The highest BCUT2D eigenvalue weighted by Gasteiger charge is 2.13. The van der Waals surface area contributed by atoms with Gasteiger partial charge in [-0.2, -0.15) is 0 Å². The fourth-order valence-corrected chi connectivity index (χ4v) is 4.03. The Hall–Kier alpha value is -3.93. The topological polar surface area (TPSA) is 69.4 Å². The molecule has 5 rings (SSSR count). The summed E-state index contributed by atoms with van der Waals surface area (Å²) >= 11 is 0. The van der Waals surface area contributed by atoms with Crippen LogP contribution in [0.15, 0.2) is 73.3 Å². The Labute approximate surface area is 179 Å². The number of anilines is 1. The van der Waals surface area contributed by atoms with E-state index in [1.54, 1.807) is 18.5 Å². The molecule has 5 nitrogen and oxygen atoms in total. The number of aromatic amines is 2. The van der Waals surface area contributed by atoms with Crippen LogP contribution in [0.5, 0.6) is 0 Å². The molecule has 0 radical (unpaired) electrons. The van der Waals surface area contributed by atoms with Crippen molar-refractivity contribution >= 4 is 27.8 Å². The van der Waals surface area contributed by atoms with Gasteiger partial charge in [0.1, 0.15) is 17.3 Å². The zero-order chi connectivity index (χ0) is 21.2. The molecule has 2 aromatic heterocycles. The monoisotopic (exact) mass is 411 g/mol. The number of H-pyrrole nitrogens is 2. The highest BCUT2D eigenvalue weighted by Crippen LogP contribution is 2.35. The lowest BCUT2D eigenvalue weighted by Gasteiger charge is -2.06. The Balaban J connectivity index is 1.62. The maximum atomic E-state index is 13.9. The van der Waals surface area contributed by atoms with Crippen LogP contribution in [0.25, 0.3) is 33.1 Å². The molecule has 0 unspecified atom stereocenters. The molecule has 3 N–H and O–H groups in total. The third kappa shape index (κ3) is 3.68. The van der Waals surface area contributed by atoms with Crippen LogP contribution >= 0.6 is 0 Å². The molecule has 0 bridgehead atoms. The quantitative estimate of drug-likeness (QED) is 0.352. The van der Waals surface area contributed by atoms with E-state index in [1.807, 2.05) is 36.7 Å². The molecule has 0 saturated heterocycles. The van der Waals surface area contributed by atoms with Crippen LogP contribution in [0.2, 0.25) is 0 Å². The molecule has 1 aromatic carbocycles. The number of nitrogens with zero attached hydrogens (tertiary/aromatic N) is 2. The lowest BCUT2D eigenvalue weighted by Crippen LogP contribution is -2.06. The number of hydrogen-bond acceptors (Lipinski definition) is 3. The van der Waals surface area contributed by atoms with Gasteiger partial charge in [-0.3, -0.25) is 4.98 Å². The molecule has 0 amide bonds. The number of aromatic nitrogens is 4. The fourth-order valence-electron chi connectivity index (χ4n) is 4.03. The van der Waals surface area contributed by atoms with E-state index >= 15 is 0 Å². The molecule has 2 aliphatic heterocycles. The summed E-state index contributed by atoms with van der Waals surface area (Å²) in [6, 6.07) is 15.0. The Morgan fingerprint density at radius 1 is 1.03 bits per heavy atom. The van der Waals surface area contributed by atoms with Crippen LogP contribution in [0, 0.1) is 12.7 Å². The summed E-state index contributed by atoms with van der Waals surface area (Å²) in [5.41, 5.74) is 5.70. The highest BCUT2D eigenvalue weighted by atomic mass is 19.1. The summed E-state index contributed by atoms with van der Waals surface area (Å²) in [4.78, 5) is 15.6. The molecule has 154 valence electrons. The maximum absolute atomic E-state index is 13.9. The van der Waals surface area contributed by atoms with E-state index in [-0.39, 0.29) is 5.82 Å². The minimum absolute atomic E-state index is 0.170. The molecule has 0 atom stereocenters. The zero-order valence-electron chi connectivity index (χ0n) is 17.1. The number of halogens is 1. The van der Waals surface area contributed by atoms with Gasteiger partial charge in [0.25, 0.3) is 0 Å². The number of pyridine rings is 2. The fraction of sp³-hybridized carbons (Fsp3) is 0.120. The molecule has 0 fully saturated rings. The van der Waals surface area contributed by atoms with Crippen molar-refractivity contribution in [3.63, 3.8) is 0 Å². The van der Waals surface area contributed by atoms with E-state index < -0.39 is 0 Å². The van der Waals surface area contributed by atoms with Crippen LogP contribution in [0.1, 0.15) is 11.1 Å². The predicted molar refractivity (Wildman–Crippen MR) is 123 cm³/mol. The first-order valence-corrected chi connectivity index (χ1v) is 10.2. The minimum Gasteiger partial charge on any atom is -0.371 e. The lowest BCUT2D eigenvalue weighted by molar-refractivity contribution is 0.610. The molecule has 2 aliphatic rings. The Morgan fingerprint density at radius 2 is 1.94 bits per heavy atom. The second-order valence-electron chi connectivity index (χ2n) is 7.53. The van der Waals surface area contributed by atoms with Gasteiger partial charge in [-0.05, 0) is 60.4 Å². The third-order valence-corrected chi connectivity index (χ3v) is 5.51. The van der Waals surface area contributed by atoms with Crippen molar-refractivity contribution in [1.82, 2.24) is 19.9 Å². The number of fused-ring (bicyclic) bond motifs is 5. The average molecular weight is 411 g/mol. The van der Waals surface area contributed by atoms with Crippen molar-refractivity contribution < 1.29 is 4.39 Å². The van der Waals surface area contributed by atoms with Gasteiger partial charge in [-0.15, -0.1) is 0 Å². The first-order valence-electron chi connectivity index (χ1n) is 10.2. The van der Waals surface area contributed by atoms with Crippen molar-refractivity contribution in [2.75, 3.05) is 11.9 Å². The smallest absolute Gasteiger partial charge is 0.138 e. The van der Waals surface area contributed by atoms with E-state index in [0.717, 1.165) is 44.4 Å². The first kappa shape index (κ1) is 19.1. The third-order valence-electron chi connectivity index (χ3n) is 5.51. The van der Waals surface area contributed by atoms with Crippen molar-refractivity contribution in [3.05, 3.63) is 90.3 Å². The van der Waals surface area contributed by atoms with Crippen LogP contribution in [-0.4, -0.2) is 26.5 Å². The second kappa shape index (κ2) is 8.07. The second-order valence-corrected chi connectivity index (χ2v) is 7.53. The number of aryl methyl sites for hydroxylation is 1. The van der Waals surface area contributed by atoms with Gasteiger partial charge in [0, 0.05) is 41.5 Å². The molecule has 0 aliphatic carbocycles. The summed E-state index contributed by atoms with van der Waals surface area (Å²) < 4.78 is 13.9. The van der Waals surface area contributed by atoms with Crippen molar-refractivity contribution in [1.29, 1.82) is 0 Å². The Bertz CT molecular complexity index is 1400. The summed E-state index contributed by atoms with van der Waals surface area (Å²) in [5.74, 6) is 0.701. The van der Waals surface area contributed by atoms with Gasteiger partial charge in [0.05, 0.1) is 11.7 Å². The largest absolute Gasteiger partial charge is 0.371 e. The maximum Gasteiger partial charge on any atom is 0.138 e. The van der Waals surface area contributed by atoms with Crippen LogP contribution < -0.4 is 5.32 Å². The van der Waals surface area contributed by atoms with Crippen LogP contribution in [0.3, 0.4) is 0 Å². The molecule has 0 spiro atoms. The Morgan fingerprint density at radius 3 is 2.84 bits per heavy atom. The molecule has 0 saturated carbocycles. The number of rotatable bonds is 4. The molecular weight excluding hydrogens is 389 g/mol. The van der Waals surface area contributed by atoms with E-state index in [4.69, 9.17) is 0 Å². The molecule has 31 heavy (non-hydrogen) atoms. The predicted octanol–water partition coefficient (Wildman–Crippen LogP) is 5.77. The number of nitrogens with one attached hydrogen (secondary N) is 3. The summed E-state index contributed by atoms with van der Waals surface area (Å²) in [5, 5.41) is 5.49. The van der Waals surface area contributed by atoms with E-state index in [1.165, 1.54) is 6.07 Å². The normalized spacial score (nSPS) is 11.2. The van der Waals surface area contributed by atoms with Crippen molar-refractivity contribution in [3.8, 4) is 11.1 Å². The summed E-state index contributed by atoms with van der Waals surface area (Å²) in [6.45, 7) is 2.71. The lowest BCUT2D eigenvalue weighted by atomic mass is 9.99. The van der Waals surface area contributed by atoms with Gasteiger partial charge in [0.2, 0.25) is 0 Å². The molecule has 3 aromatic rings. The molecule has 6 heteroatoms. The van der Waals surface area contributed by atoms with Gasteiger partial charge in [-0.25, -0.2) is 9.37 Å².